The summed E-state index contributed by atoms with van der Waals surface area (Å²) < 4.78 is 2.40. The molecule has 2 nitrogen and oxygen atoms in total. The van der Waals surface area contributed by atoms with Gasteiger partial charge in [0.05, 0.1) is 22.1 Å². The minimum absolute atomic E-state index is 0.574. The van der Waals surface area contributed by atoms with Crippen LogP contribution in [0.25, 0.3) is 82.1 Å². The molecule has 1 spiro atoms. The van der Waals surface area contributed by atoms with Gasteiger partial charge >= 0.3 is 0 Å². The third-order valence-electron chi connectivity index (χ3n) is 14.1. The molecular weight excluding hydrogens is 761 g/mol. The monoisotopic (exact) mass is 798 g/mol. The van der Waals surface area contributed by atoms with Crippen molar-refractivity contribution in [1.29, 1.82) is 0 Å². The molecule has 0 fully saturated rings. The molecule has 12 aromatic rings. The van der Waals surface area contributed by atoms with Gasteiger partial charge in [0.2, 0.25) is 0 Å². The lowest BCUT2D eigenvalue weighted by Gasteiger charge is -2.33. The third-order valence-corrected chi connectivity index (χ3v) is 14.1. The quantitative estimate of drug-likeness (QED) is 0.161. The maximum absolute atomic E-state index is 2.57. The summed E-state index contributed by atoms with van der Waals surface area (Å²) >= 11 is 0. The molecule has 0 aliphatic heterocycles. The van der Waals surface area contributed by atoms with Gasteiger partial charge in [-0.15, -0.1) is 0 Å². The van der Waals surface area contributed by atoms with E-state index in [0.717, 1.165) is 22.7 Å². The van der Waals surface area contributed by atoms with Gasteiger partial charge in [-0.2, -0.15) is 0 Å². The van der Waals surface area contributed by atoms with Crippen molar-refractivity contribution in [2.45, 2.75) is 5.41 Å². The molecule has 0 atom stereocenters. The van der Waals surface area contributed by atoms with Crippen LogP contribution in [0, 0.1) is 0 Å². The first-order valence-corrected chi connectivity index (χ1v) is 21.9. The van der Waals surface area contributed by atoms with Gasteiger partial charge in [0, 0.05) is 33.2 Å². The van der Waals surface area contributed by atoms with E-state index in [-0.39, 0.29) is 0 Å². The van der Waals surface area contributed by atoms with Gasteiger partial charge in [0.15, 0.2) is 0 Å². The molecule has 2 heteroatoms. The number of hydrogen-bond donors (Lipinski definition) is 0. The summed E-state index contributed by atoms with van der Waals surface area (Å²) in [6.07, 6.45) is 0. The summed E-state index contributed by atoms with van der Waals surface area (Å²) in [5.41, 5.74) is 17.0. The summed E-state index contributed by atoms with van der Waals surface area (Å²) in [7, 11) is 0. The average Bonchev–Trinajstić information content (AvgIpc) is 3.97. The molecule has 0 amide bonds. The topological polar surface area (TPSA) is 8.17 Å². The fourth-order valence-electron chi connectivity index (χ4n) is 11.8. The zero-order chi connectivity index (χ0) is 41.2. The third kappa shape index (κ3) is 4.52. The zero-order valence-electron chi connectivity index (χ0n) is 34.3. The van der Waals surface area contributed by atoms with E-state index in [2.05, 4.69) is 240 Å². The van der Waals surface area contributed by atoms with Crippen LogP contribution in [-0.2, 0) is 5.41 Å². The van der Waals surface area contributed by atoms with E-state index in [9.17, 15) is 0 Å². The highest BCUT2D eigenvalue weighted by molar-refractivity contribution is 6.24. The van der Waals surface area contributed by atoms with E-state index < -0.39 is 5.41 Å². The Kier molecular flexibility index (Phi) is 7.07. The summed E-state index contributed by atoms with van der Waals surface area (Å²) in [4.78, 5) is 2.51. The smallest absolute Gasteiger partial charge is 0.0732 e. The maximum Gasteiger partial charge on any atom is 0.0732 e. The first-order valence-electron chi connectivity index (χ1n) is 21.9. The van der Waals surface area contributed by atoms with Crippen molar-refractivity contribution >= 4 is 71.2 Å². The molecule has 1 heterocycles. The minimum atomic E-state index is -0.574. The highest BCUT2D eigenvalue weighted by Gasteiger charge is 2.54. The summed E-state index contributed by atoms with van der Waals surface area (Å²) in [5, 5.41) is 10.1. The Bertz CT molecular complexity index is 3810. The van der Waals surface area contributed by atoms with Gasteiger partial charge in [-0.05, 0) is 126 Å². The number of hydrogen-bond acceptors (Lipinski definition) is 1. The predicted molar refractivity (Wildman–Crippen MR) is 264 cm³/mol. The number of para-hydroxylation sites is 3. The predicted octanol–water partition coefficient (Wildman–Crippen LogP) is 16.1. The standard InChI is InChI=1S/C61H38N2/c1-3-19-39(20-4-1)62(41-35-36-56-51(37-41)47-28-15-18-34-55(47)63(56)40-21-5-2-6-22-40)57-38-54-58(49-30-11-9-27-46(49)57)59-48-29-10-7-23-42(48)43-24-8-12-31-50(43)60(59)61(54)52-32-16-13-25-44(52)45-26-14-17-33-53(45)61/h1-38H. The van der Waals surface area contributed by atoms with Gasteiger partial charge < -0.3 is 9.47 Å². The lowest BCUT2D eigenvalue weighted by Crippen LogP contribution is -2.26. The van der Waals surface area contributed by atoms with Crippen LogP contribution in [0.5, 0.6) is 0 Å². The molecule has 2 aliphatic rings. The molecular formula is C61H38N2. The Morgan fingerprint density at radius 1 is 0.317 bits per heavy atom. The molecule has 0 saturated carbocycles. The van der Waals surface area contributed by atoms with Gasteiger partial charge in [-0.1, -0.05) is 176 Å². The molecule has 0 N–H and O–H groups in total. The van der Waals surface area contributed by atoms with E-state index in [1.807, 2.05) is 0 Å². The lowest BCUT2D eigenvalue weighted by molar-refractivity contribution is 0.802. The SMILES string of the molecule is c1ccc(N(c2ccc3c(c2)c2ccccc2n3-c2ccccc2)c2cc3c(c4ccccc24)-c2c(c4ccccc4c4ccccc24)C32c3ccccc3-c3ccccc32)cc1. The van der Waals surface area contributed by atoms with Crippen LogP contribution in [0.3, 0.4) is 0 Å². The molecule has 1 aromatic heterocycles. The summed E-state index contributed by atoms with van der Waals surface area (Å²) in [6, 6.07) is 85.9. The fourth-order valence-corrected chi connectivity index (χ4v) is 11.8. The average molecular weight is 799 g/mol. The van der Waals surface area contributed by atoms with Crippen LogP contribution in [0.2, 0.25) is 0 Å². The summed E-state index contributed by atoms with van der Waals surface area (Å²) in [5.74, 6) is 0. The molecule has 292 valence electrons. The number of fused-ring (bicyclic) bond motifs is 20. The van der Waals surface area contributed by atoms with Crippen molar-refractivity contribution in [3.8, 4) is 27.9 Å². The van der Waals surface area contributed by atoms with Crippen LogP contribution in [0.4, 0.5) is 17.1 Å². The molecule has 2 aliphatic carbocycles. The van der Waals surface area contributed by atoms with E-state index in [0.29, 0.717) is 0 Å². The Labute approximate surface area is 365 Å². The van der Waals surface area contributed by atoms with Crippen LogP contribution in [0.1, 0.15) is 22.3 Å². The Morgan fingerprint density at radius 3 is 1.52 bits per heavy atom. The zero-order valence-corrected chi connectivity index (χ0v) is 34.3. The van der Waals surface area contributed by atoms with E-state index in [1.54, 1.807) is 0 Å². The normalized spacial score (nSPS) is 13.2. The molecule has 63 heavy (non-hydrogen) atoms. The van der Waals surface area contributed by atoms with E-state index >= 15 is 0 Å². The molecule has 0 saturated heterocycles. The van der Waals surface area contributed by atoms with Gasteiger partial charge in [0.1, 0.15) is 0 Å². The maximum atomic E-state index is 2.57. The molecule has 14 rings (SSSR count). The van der Waals surface area contributed by atoms with Gasteiger partial charge in [0.25, 0.3) is 0 Å². The second-order valence-corrected chi connectivity index (χ2v) is 17.1. The Morgan fingerprint density at radius 2 is 0.825 bits per heavy atom. The van der Waals surface area contributed by atoms with Crippen LogP contribution in [-0.4, -0.2) is 4.57 Å². The molecule has 0 radical (unpaired) electrons. The van der Waals surface area contributed by atoms with Crippen molar-refractivity contribution < 1.29 is 0 Å². The van der Waals surface area contributed by atoms with E-state index in [4.69, 9.17) is 0 Å². The van der Waals surface area contributed by atoms with Crippen LogP contribution >= 0.6 is 0 Å². The number of rotatable bonds is 4. The number of nitrogens with zero attached hydrogens (tertiary/aromatic N) is 2. The first kappa shape index (κ1) is 34.5. The van der Waals surface area contributed by atoms with Crippen LogP contribution in [0.15, 0.2) is 231 Å². The molecule has 11 aromatic carbocycles. The van der Waals surface area contributed by atoms with Crippen molar-refractivity contribution in [3.63, 3.8) is 0 Å². The molecule has 0 unspecified atom stereocenters. The minimum Gasteiger partial charge on any atom is -0.310 e. The van der Waals surface area contributed by atoms with Gasteiger partial charge in [-0.3, -0.25) is 0 Å². The number of aromatic nitrogens is 1. The van der Waals surface area contributed by atoms with Crippen molar-refractivity contribution in [2.24, 2.45) is 0 Å². The summed E-state index contributed by atoms with van der Waals surface area (Å²) in [6.45, 7) is 0. The van der Waals surface area contributed by atoms with Crippen LogP contribution < -0.4 is 4.90 Å². The Balaban J connectivity index is 1.14. The number of anilines is 3. The van der Waals surface area contributed by atoms with Crippen molar-refractivity contribution in [2.75, 3.05) is 4.90 Å². The lowest BCUT2D eigenvalue weighted by atomic mass is 9.69. The Hall–Kier alpha value is -8.20. The highest BCUT2D eigenvalue weighted by Crippen LogP contribution is 2.67. The molecule has 0 bridgehead atoms. The number of benzene rings is 11. The first-order chi connectivity index (χ1) is 31.3. The van der Waals surface area contributed by atoms with Crippen molar-refractivity contribution in [1.82, 2.24) is 4.57 Å². The fraction of sp³-hybridized carbons (Fsp3) is 0.0164. The van der Waals surface area contributed by atoms with Gasteiger partial charge in [-0.25, -0.2) is 0 Å². The van der Waals surface area contributed by atoms with Crippen molar-refractivity contribution in [3.05, 3.63) is 253 Å². The largest absolute Gasteiger partial charge is 0.310 e. The van der Waals surface area contributed by atoms with E-state index in [1.165, 1.54) is 98.6 Å². The highest BCUT2D eigenvalue weighted by atomic mass is 15.1. The second kappa shape index (κ2) is 12.9. The second-order valence-electron chi connectivity index (χ2n) is 17.1.